The van der Waals surface area contributed by atoms with Crippen molar-refractivity contribution >= 4 is 10.0 Å². The van der Waals surface area contributed by atoms with E-state index in [-0.39, 0.29) is 12.2 Å². The molecule has 0 radical (unpaired) electrons. The van der Waals surface area contributed by atoms with Crippen LogP contribution >= 0.6 is 0 Å². The maximum Gasteiger partial charge on any atom is 0.221 e. The highest BCUT2D eigenvalue weighted by Gasteiger charge is 2.47. The standard InChI is InChI=1S/C14H18F2N2O3S/c1-17-14(11-8-10(15)4-5-12(11)16)13(9-21-17)22(19,20)18-6-2-3-7-18/h4-5,8,13-14H,2-3,6-7,9H2,1H3. The van der Waals surface area contributed by atoms with E-state index in [0.29, 0.717) is 13.1 Å². The van der Waals surface area contributed by atoms with Gasteiger partial charge in [-0.15, -0.1) is 0 Å². The van der Waals surface area contributed by atoms with Crippen LogP contribution in [-0.2, 0) is 14.9 Å². The summed E-state index contributed by atoms with van der Waals surface area (Å²) < 4.78 is 54.5. The lowest BCUT2D eigenvalue weighted by atomic mass is 10.0. The third kappa shape index (κ3) is 2.64. The van der Waals surface area contributed by atoms with Gasteiger partial charge in [0.2, 0.25) is 10.0 Å². The molecule has 0 saturated carbocycles. The van der Waals surface area contributed by atoms with Gasteiger partial charge in [0, 0.05) is 25.7 Å². The first-order chi connectivity index (χ1) is 10.4. The number of hydrogen-bond acceptors (Lipinski definition) is 4. The maximum absolute atomic E-state index is 14.1. The van der Waals surface area contributed by atoms with Gasteiger partial charge < -0.3 is 0 Å². The number of rotatable bonds is 3. The van der Waals surface area contributed by atoms with Gasteiger partial charge >= 0.3 is 0 Å². The van der Waals surface area contributed by atoms with Gasteiger partial charge in [0.15, 0.2) is 0 Å². The molecule has 0 amide bonds. The van der Waals surface area contributed by atoms with Crippen LogP contribution in [-0.4, -0.2) is 49.8 Å². The van der Waals surface area contributed by atoms with Crippen molar-refractivity contribution in [2.45, 2.75) is 24.1 Å². The zero-order chi connectivity index (χ0) is 15.9. The van der Waals surface area contributed by atoms with Gasteiger partial charge in [0.1, 0.15) is 16.9 Å². The molecule has 2 aliphatic heterocycles. The maximum atomic E-state index is 14.1. The molecule has 122 valence electrons. The SMILES string of the molecule is CN1OCC(S(=O)(=O)N2CCCC2)C1c1cc(F)ccc1F. The summed E-state index contributed by atoms with van der Waals surface area (Å²) in [5.41, 5.74) is 0.00720. The monoisotopic (exact) mass is 332 g/mol. The van der Waals surface area contributed by atoms with E-state index in [2.05, 4.69) is 0 Å². The minimum Gasteiger partial charge on any atom is -0.297 e. The van der Waals surface area contributed by atoms with E-state index >= 15 is 0 Å². The van der Waals surface area contributed by atoms with Crippen molar-refractivity contribution in [3.05, 3.63) is 35.4 Å². The molecule has 22 heavy (non-hydrogen) atoms. The molecule has 8 heteroatoms. The van der Waals surface area contributed by atoms with Gasteiger partial charge in [-0.2, -0.15) is 5.06 Å². The zero-order valence-corrected chi connectivity index (χ0v) is 13.0. The molecule has 1 aromatic rings. The summed E-state index contributed by atoms with van der Waals surface area (Å²) in [7, 11) is -2.08. The second-order valence-electron chi connectivity index (χ2n) is 5.64. The van der Waals surface area contributed by atoms with E-state index in [1.807, 2.05) is 0 Å². The summed E-state index contributed by atoms with van der Waals surface area (Å²) in [5, 5.41) is 0.364. The minimum absolute atomic E-state index is 0.00720. The lowest BCUT2D eigenvalue weighted by Crippen LogP contribution is -2.41. The number of hydrogen-bond donors (Lipinski definition) is 0. The van der Waals surface area contributed by atoms with Crippen molar-refractivity contribution < 1.29 is 22.0 Å². The summed E-state index contributed by atoms with van der Waals surface area (Å²) in [5.74, 6) is -1.24. The van der Waals surface area contributed by atoms with Gasteiger partial charge in [-0.05, 0) is 31.0 Å². The Labute approximate surface area is 128 Å². The molecule has 0 spiro atoms. The third-order valence-corrected chi connectivity index (χ3v) is 6.51. The van der Waals surface area contributed by atoms with Gasteiger partial charge in [0.25, 0.3) is 0 Å². The predicted molar refractivity (Wildman–Crippen MR) is 76.3 cm³/mol. The Morgan fingerprint density at radius 1 is 1.23 bits per heavy atom. The van der Waals surface area contributed by atoms with Gasteiger partial charge in [-0.1, -0.05) is 0 Å². The van der Waals surface area contributed by atoms with Crippen LogP contribution in [0.1, 0.15) is 24.4 Å². The van der Waals surface area contributed by atoms with Crippen LogP contribution in [0.5, 0.6) is 0 Å². The average molecular weight is 332 g/mol. The Kier molecular flexibility index (Phi) is 4.19. The van der Waals surface area contributed by atoms with Crippen LogP contribution in [0.2, 0.25) is 0 Å². The smallest absolute Gasteiger partial charge is 0.221 e. The molecule has 3 rings (SSSR count). The minimum atomic E-state index is -3.62. The molecule has 2 fully saturated rings. The summed E-state index contributed by atoms with van der Waals surface area (Å²) in [4.78, 5) is 5.31. The van der Waals surface area contributed by atoms with Crippen molar-refractivity contribution in [2.75, 3.05) is 26.7 Å². The van der Waals surface area contributed by atoms with Crippen LogP contribution in [0, 0.1) is 11.6 Å². The molecular formula is C14H18F2N2O3S. The third-order valence-electron chi connectivity index (χ3n) is 4.27. The highest BCUT2D eigenvalue weighted by Crippen LogP contribution is 2.37. The topological polar surface area (TPSA) is 49.9 Å². The number of halogens is 2. The summed E-state index contributed by atoms with van der Waals surface area (Å²) in [6.07, 6.45) is 1.64. The number of hydroxylamine groups is 2. The lowest BCUT2D eigenvalue weighted by molar-refractivity contribution is -0.111. The first-order valence-corrected chi connectivity index (χ1v) is 8.71. The van der Waals surface area contributed by atoms with E-state index < -0.39 is 32.9 Å². The molecule has 0 aliphatic carbocycles. The van der Waals surface area contributed by atoms with Crippen LogP contribution in [0.4, 0.5) is 8.78 Å². The van der Waals surface area contributed by atoms with Crippen LogP contribution in [0.25, 0.3) is 0 Å². The molecule has 5 nitrogen and oxygen atoms in total. The Bertz CT molecular complexity index is 662. The fourth-order valence-electron chi connectivity index (χ4n) is 3.12. The van der Waals surface area contributed by atoms with Gasteiger partial charge in [0.05, 0.1) is 12.6 Å². The average Bonchev–Trinajstić information content (AvgIpc) is 3.11. The molecule has 1 aromatic carbocycles. The zero-order valence-electron chi connectivity index (χ0n) is 12.2. The molecule has 2 unspecified atom stereocenters. The molecule has 2 aliphatic rings. The van der Waals surface area contributed by atoms with Crippen molar-refractivity contribution in [1.29, 1.82) is 0 Å². The van der Waals surface area contributed by atoms with E-state index in [4.69, 9.17) is 4.84 Å². The quantitative estimate of drug-likeness (QED) is 0.845. The summed E-state index contributed by atoms with van der Waals surface area (Å²) in [6.45, 7) is 0.887. The molecule has 2 atom stereocenters. The van der Waals surface area contributed by atoms with Gasteiger partial charge in [-0.3, -0.25) is 4.84 Å². The fourth-order valence-corrected chi connectivity index (χ4v) is 5.14. The molecule has 0 aromatic heterocycles. The number of sulfonamides is 1. The molecule has 0 bridgehead atoms. The Balaban J connectivity index is 1.99. The highest BCUT2D eigenvalue weighted by molar-refractivity contribution is 7.89. The van der Waals surface area contributed by atoms with Crippen molar-refractivity contribution in [1.82, 2.24) is 9.37 Å². The number of benzene rings is 1. The first-order valence-electron chi connectivity index (χ1n) is 7.21. The van der Waals surface area contributed by atoms with Crippen LogP contribution in [0.3, 0.4) is 0 Å². The second-order valence-corrected chi connectivity index (χ2v) is 7.79. The lowest BCUT2D eigenvalue weighted by Gasteiger charge is -2.26. The Hall–Kier alpha value is -1.09. The largest absolute Gasteiger partial charge is 0.297 e. The summed E-state index contributed by atoms with van der Waals surface area (Å²) in [6, 6.07) is 2.20. The molecule has 2 saturated heterocycles. The predicted octanol–water partition coefficient (Wildman–Crippen LogP) is 1.68. The second kappa shape index (κ2) is 5.84. The Morgan fingerprint density at radius 2 is 1.91 bits per heavy atom. The van der Waals surface area contributed by atoms with Crippen LogP contribution < -0.4 is 0 Å². The van der Waals surface area contributed by atoms with E-state index in [9.17, 15) is 17.2 Å². The number of nitrogens with zero attached hydrogens (tertiary/aromatic N) is 2. The Morgan fingerprint density at radius 3 is 2.59 bits per heavy atom. The molecule has 0 N–H and O–H groups in total. The summed E-state index contributed by atoms with van der Waals surface area (Å²) >= 11 is 0. The van der Waals surface area contributed by atoms with E-state index in [1.54, 1.807) is 0 Å². The normalized spacial score (nSPS) is 27.6. The van der Waals surface area contributed by atoms with Crippen molar-refractivity contribution in [3.8, 4) is 0 Å². The van der Waals surface area contributed by atoms with Crippen molar-refractivity contribution in [3.63, 3.8) is 0 Å². The molecular weight excluding hydrogens is 314 g/mol. The van der Waals surface area contributed by atoms with E-state index in [0.717, 1.165) is 31.0 Å². The fraction of sp³-hybridized carbons (Fsp3) is 0.571. The highest BCUT2D eigenvalue weighted by atomic mass is 32.2. The van der Waals surface area contributed by atoms with E-state index in [1.165, 1.54) is 16.4 Å². The molecule has 2 heterocycles. The van der Waals surface area contributed by atoms with Crippen LogP contribution in [0.15, 0.2) is 18.2 Å². The van der Waals surface area contributed by atoms with Crippen molar-refractivity contribution in [2.24, 2.45) is 0 Å². The first kappa shape index (κ1) is 15.8. The van der Waals surface area contributed by atoms with Gasteiger partial charge in [-0.25, -0.2) is 21.5 Å².